The van der Waals surface area contributed by atoms with Gasteiger partial charge in [-0.25, -0.2) is 9.18 Å². The molecule has 4 aromatic carbocycles. The van der Waals surface area contributed by atoms with Gasteiger partial charge in [-0.1, -0.05) is 59.6 Å². The van der Waals surface area contributed by atoms with E-state index in [-0.39, 0.29) is 23.0 Å². The molecule has 3 aliphatic rings. The Kier molecular flexibility index (Phi) is 8.12. The molecule has 8 nitrogen and oxygen atoms in total. The summed E-state index contributed by atoms with van der Waals surface area (Å²) < 4.78 is 26.9. The Labute approximate surface area is 281 Å². The maximum absolute atomic E-state index is 16.2. The Morgan fingerprint density at radius 3 is 2.64 bits per heavy atom. The van der Waals surface area contributed by atoms with Crippen LogP contribution in [0, 0.1) is 5.82 Å². The van der Waals surface area contributed by atoms with Crippen molar-refractivity contribution in [1.29, 1.82) is 0 Å². The second kappa shape index (κ2) is 12.1. The summed E-state index contributed by atoms with van der Waals surface area (Å²) in [5, 5.41) is 7.28. The van der Waals surface area contributed by atoms with Crippen molar-refractivity contribution >= 4 is 46.5 Å². The van der Waals surface area contributed by atoms with Crippen molar-refractivity contribution in [2.45, 2.75) is 49.5 Å². The SMILES string of the molecule is CCOc1cccc(CN2[C@H]3CC(c4ccc(C(=O)OC)cc4N)N[C@H]3[C@H](c3cccc(Cl)c3F)[C@]23C(=O)Nc2cc(Cl)ccc23)c1. The molecule has 2 fully saturated rings. The van der Waals surface area contributed by atoms with Crippen molar-refractivity contribution in [3.8, 4) is 5.75 Å². The summed E-state index contributed by atoms with van der Waals surface area (Å²) in [6, 6.07) is 22.3. The fraction of sp³-hybridized carbons (Fsp3) is 0.278. The normalized spacial score (nSPS) is 24.7. The summed E-state index contributed by atoms with van der Waals surface area (Å²) in [6.45, 7) is 2.80. The third-order valence-corrected chi connectivity index (χ3v) is 10.2. The highest BCUT2D eigenvalue weighted by atomic mass is 35.5. The average molecular weight is 676 g/mol. The van der Waals surface area contributed by atoms with E-state index in [0.29, 0.717) is 52.7 Å². The number of methoxy groups -OCH3 is 1. The van der Waals surface area contributed by atoms with Crippen molar-refractivity contribution in [2.24, 2.45) is 0 Å². The lowest BCUT2D eigenvalue weighted by Gasteiger charge is -2.41. The third-order valence-electron chi connectivity index (χ3n) is 9.70. The van der Waals surface area contributed by atoms with Crippen LogP contribution in [-0.2, 0) is 21.6 Å². The largest absolute Gasteiger partial charge is 0.494 e. The first-order chi connectivity index (χ1) is 22.7. The lowest BCUT2D eigenvalue weighted by molar-refractivity contribution is -0.128. The van der Waals surface area contributed by atoms with E-state index in [1.54, 1.807) is 36.4 Å². The second-order valence-corrected chi connectivity index (χ2v) is 13.0. The summed E-state index contributed by atoms with van der Waals surface area (Å²) in [5.41, 5.74) is 9.34. The predicted molar refractivity (Wildman–Crippen MR) is 179 cm³/mol. The summed E-state index contributed by atoms with van der Waals surface area (Å²) in [7, 11) is 1.32. The Morgan fingerprint density at radius 2 is 1.87 bits per heavy atom. The van der Waals surface area contributed by atoms with Crippen molar-refractivity contribution in [1.82, 2.24) is 10.2 Å². The number of amides is 1. The molecular weight excluding hydrogens is 642 g/mol. The molecule has 3 aliphatic heterocycles. The number of carbonyl (C=O) groups is 2. The van der Waals surface area contributed by atoms with Gasteiger partial charge in [-0.2, -0.15) is 0 Å². The first-order valence-corrected chi connectivity index (χ1v) is 16.2. The zero-order valence-corrected chi connectivity index (χ0v) is 27.2. The van der Waals surface area contributed by atoms with Gasteiger partial charge in [-0.15, -0.1) is 0 Å². The molecule has 242 valence electrons. The van der Waals surface area contributed by atoms with Crippen LogP contribution in [0.3, 0.4) is 0 Å². The number of likely N-dealkylation sites (tertiary alicyclic amines) is 1. The van der Waals surface area contributed by atoms with Crippen LogP contribution in [0.4, 0.5) is 15.8 Å². The lowest BCUT2D eigenvalue weighted by Crippen LogP contribution is -2.52. The van der Waals surface area contributed by atoms with Crippen LogP contribution in [0.5, 0.6) is 5.75 Å². The number of benzene rings is 4. The number of nitrogens with two attached hydrogens (primary N) is 1. The molecule has 0 bridgehead atoms. The van der Waals surface area contributed by atoms with Crippen LogP contribution >= 0.6 is 23.2 Å². The maximum atomic E-state index is 16.2. The number of nitrogen functional groups attached to an aromatic ring is 1. The van der Waals surface area contributed by atoms with Gasteiger partial charge in [0.2, 0.25) is 5.91 Å². The zero-order valence-electron chi connectivity index (χ0n) is 25.7. The van der Waals surface area contributed by atoms with Crippen molar-refractivity contribution < 1.29 is 23.5 Å². The minimum Gasteiger partial charge on any atom is -0.494 e. The smallest absolute Gasteiger partial charge is 0.337 e. The van der Waals surface area contributed by atoms with Crippen LogP contribution in [0.1, 0.15) is 57.9 Å². The topological polar surface area (TPSA) is 106 Å². The van der Waals surface area contributed by atoms with Crippen LogP contribution < -0.4 is 21.1 Å². The van der Waals surface area contributed by atoms with Gasteiger partial charge in [0.05, 0.1) is 24.3 Å². The summed E-state index contributed by atoms with van der Waals surface area (Å²) >= 11 is 12.8. The van der Waals surface area contributed by atoms with Gasteiger partial charge in [0.1, 0.15) is 17.1 Å². The molecular formula is C36H33Cl2FN4O4. The van der Waals surface area contributed by atoms with Gasteiger partial charge in [0, 0.05) is 52.5 Å². The molecule has 2 saturated heterocycles. The monoisotopic (exact) mass is 674 g/mol. The second-order valence-electron chi connectivity index (χ2n) is 12.1. The zero-order chi connectivity index (χ0) is 33.0. The molecule has 3 heterocycles. The van der Waals surface area contributed by atoms with Gasteiger partial charge in [-0.05, 0) is 72.5 Å². The number of nitrogens with one attached hydrogen (secondary N) is 2. The molecule has 0 saturated carbocycles. The predicted octanol–water partition coefficient (Wildman–Crippen LogP) is 6.82. The highest BCUT2D eigenvalue weighted by molar-refractivity contribution is 6.31. The minimum absolute atomic E-state index is 0.0241. The summed E-state index contributed by atoms with van der Waals surface area (Å²) in [5.74, 6) is -1.31. The standard InChI is InChI=1S/C36H33Cl2FN4O4/c1-3-47-22-7-4-6-19(14-22)18-43-30-17-28(23-12-10-20(15-27(23)40)34(44)46-2)41-33(30)31(24-8-5-9-26(38)32(24)39)36(43)25-13-11-21(37)16-29(25)42-35(36)45/h4-16,28,30-31,33,41H,3,17-18,40H2,1-2H3,(H,42,45)/t28?,30-,31-,33+,36+/m0/s1. The highest BCUT2D eigenvalue weighted by Crippen LogP contribution is 2.61. The van der Waals surface area contributed by atoms with Crippen molar-refractivity contribution in [3.05, 3.63) is 123 Å². The number of ether oxygens (including phenoxy) is 2. The van der Waals surface area contributed by atoms with E-state index < -0.39 is 29.3 Å². The highest BCUT2D eigenvalue weighted by Gasteiger charge is 2.68. The van der Waals surface area contributed by atoms with Crippen LogP contribution in [0.2, 0.25) is 10.0 Å². The Balaban J connectivity index is 1.41. The molecule has 47 heavy (non-hydrogen) atoms. The molecule has 4 aromatic rings. The third kappa shape index (κ3) is 5.04. The van der Waals surface area contributed by atoms with Crippen molar-refractivity contribution in [2.75, 3.05) is 24.8 Å². The first-order valence-electron chi connectivity index (χ1n) is 15.4. The molecule has 0 radical (unpaired) electrons. The minimum atomic E-state index is -1.32. The number of anilines is 2. The molecule has 11 heteroatoms. The number of hydrogen-bond donors (Lipinski definition) is 3. The molecule has 0 aromatic heterocycles. The lowest BCUT2D eigenvalue weighted by atomic mass is 9.73. The first kappa shape index (κ1) is 31.4. The fourth-order valence-corrected chi connectivity index (χ4v) is 8.25. The Bertz CT molecular complexity index is 1910. The summed E-state index contributed by atoms with van der Waals surface area (Å²) in [6.07, 6.45) is 0.550. The average Bonchev–Trinajstić information content (AvgIpc) is 3.68. The number of halogens is 3. The van der Waals surface area contributed by atoms with Crippen LogP contribution in [-0.4, -0.2) is 42.6 Å². The van der Waals surface area contributed by atoms with E-state index >= 15 is 4.39 Å². The van der Waals surface area contributed by atoms with Crippen LogP contribution in [0.25, 0.3) is 0 Å². The number of hydrogen-bond acceptors (Lipinski definition) is 7. The molecule has 7 rings (SSSR count). The van der Waals surface area contributed by atoms with E-state index in [4.69, 9.17) is 38.4 Å². The van der Waals surface area contributed by atoms with E-state index in [0.717, 1.165) is 16.9 Å². The van der Waals surface area contributed by atoms with Crippen molar-refractivity contribution in [3.63, 3.8) is 0 Å². The van der Waals surface area contributed by atoms with Gasteiger partial charge < -0.3 is 25.8 Å². The van der Waals surface area contributed by atoms with Gasteiger partial charge in [-0.3, -0.25) is 9.69 Å². The van der Waals surface area contributed by atoms with E-state index in [1.807, 2.05) is 43.3 Å². The molecule has 4 N–H and O–H groups in total. The molecule has 1 amide bonds. The number of rotatable bonds is 7. The molecule has 0 aliphatic carbocycles. The number of fused-ring (bicyclic) bond motifs is 3. The fourth-order valence-electron chi connectivity index (χ4n) is 7.90. The van der Waals surface area contributed by atoms with E-state index in [2.05, 4.69) is 15.5 Å². The van der Waals surface area contributed by atoms with E-state index in [1.165, 1.54) is 13.2 Å². The molecule has 1 spiro atoms. The van der Waals surface area contributed by atoms with Gasteiger partial charge in [0.15, 0.2) is 0 Å². The number of esters is 1. The summed E-state index contributed by atoms with van der Waals surface area (Å²) in [4.78, 5) is 29.0. The Morgan fingerprint density at radius 1 is 1.06 bits per heavy atom. The Hall–Kier alpha value is -4.15. The number of nitrogens with zero attached hydrogens (tertiary/aromatic N) is 1. The molecule has 1 unspecified atom stereocenters. The molecule has 5 atom stereocenters. The quantitative estimate of drug-likeness (QED) is 0.146. The van der Waals surface area contributed by atoms with Gasteiger partial charge in [0.25, 0.3) is 0 Å². The van der Waals surface area contributed by atoms with Crippen LogP contribution in [0.15, 0.2) is 78.9 Å². The maximum Gasteiger partial charge on any atom is 0.337 e. The van der Waals surface area contributed by atoms with E-state index in [9.17, 15) is 9.59 Å². The number of carbonyl (C=O) groups excluding carboxylic acids is 2. The van der Waals surface area contributed by atoms with Gasteiger partial charge >= 0.3 is 5.97 Å².